The summed E-state index contributed by atoms with van der Waals surface area (Å²) in [4.78, 5) is 13.2. The van der Waals surface area contributed by atoms with Crippen LogP contribution in [-0.2, 0) is 0 Å². The summed E-state index contributed by atoms with van der Waals surface area (Å²) in [5.41, 5.74) is 2.74. The second-order valence-corrected chi connectivity index (χ2v) is 5.15. The van der Waals surface area contributed by atoms with Gasteiger partial charge in [0.1, 0.15) is 17.5 Å². The van der Waals surface area contributed by atoms with Gasteiger partial charge < -0.3 is 5.11 Å². The molecule has 1 unspecified atom stereocenters. The van der Waals surface area contributed by atoms with Crippen molar-refractivity contribution < 1.29 is 5.11 Å². The van der Waals surface area contributed by atoms with Crippen LogP contribution in [0.3, 0.4) is 0 Å². The molecule has 1 N–H and O–H groups in total. The second kappa shape index (κ2) is 5.62. The van der Waals surface area contributed by atoms with Crippen molar-refractivity contribution in [3.63, 3.8) is 0 Å². The van der Waals surface area contributed by atoms with E-state index >= 15 is 0 Å². The number of hydrogen-bond donors (Lipinski definition) is 1. The van der Waals surface area contributed by atoms with Gasteiger partial charge in [-0.1, -0.05) is 18.2 Å². The molecule has 0 aliphatic carbocycles. The number of aromatic nitrogens is 4. The first-order valence-electron chi connectivity index (χ1n) is 7.32. The molecule has 0 aliphatic heterocycles. The van der Waals surface area contributed by atoms with Gasteiger partial charge in [0.05, 0.1) is 11.2 Å². The van der Waals surface area contributed by atoms with Crippen LogP contribution in [0.4, 0.5) is 0 Å². The van der Waals surface area contributed by atoms with Crippen molar-refractivity contribution >= 4 is 5.52 Å². The van der Waals surface area contributed by atoms with E-state index in [0.29, 0.717) is 17.2 Å². The van der Waals surface area contributed by atoms with Crippen molar-refractivity contribution in [2.24, 2.45) is 0 Å². The predicted octanol–water partition coefficient (Wildman–Crippen LogP) is 2.87. The van der Waals surface area contributed by atoms with Gasteiger partial charge in [-0.2, -0.15) is 0 Å². The molecule has 23 heavy (non-hydrogen) atoms. The molecule has 4 heterocycles. The molecule has 4 rings (SSSR count). The summed E-state index contributed by atoms with van der Waals surface area (Å²) in [5.74, 6) is 0.700. The highest BCUT2D eigenvalue weighted by Gasteiger charge is 2.21. The largest absolute Gasteiger partial charge is 0.380 e. The van der Waals surface area contributed by atoms with Crippen molar-refractivity contribution in [3.8, 4) is 11.5 Å². The third kappa shape index (κ3) is 2.37. The minimum Gasteiger partial charge on any atom is -0.380 e. The van der Waals surface area contributed by atoms with Crippen LogP contribution in [0.5, 0.6) is 0 Å². The van der Waals surface area contributed by atoms with Crippen molar-refractivity contribution in [2.75, 3.05) is 0 Å². The second-order valence-electron chi connectivity index (χ2n) is 5.15. The van der Waals surface area contributed by atoms with Gasteiger partial charge in [0.2, 0.25) is 0 Å². The van der Waals surface area contributed by atoms with Crippen LogP contribution < -0.4 is 0 Å². The monoisotopic (exact) mass is 302 g/mol. The number of aliphatic hydroxyl groups is 1. The van der Waals surface area contributed by atoms with Crippen molar-refractivity contribution in [3.05, 3.63) is 84.6 Å². The minimum absolute atomic E-state index is 0.573. The van der Waals surface area contributed by atoms with Crippen LogP contribution in [0.2, 0.25) is 0 Å². The molecular weight excluding hydrogens is 288 g/mol. The van der Waals surface area contributed by atoms with Gasteiger partial charge in [0.15, 0.2) is 5.82 Å². The molecule has 5 heteroatoms. The highest BCUT2D eigenvalue weighted by atomic mass is 16.3. The van der Waals surface area contributed by atoms with Crippen LogP contribution in [0.1, 0.15) is 17.5 Å². The van der Waals surface area contributed by atoms with Gasteiger partial charge in [-0.25, -0.2) is 4.98 Å². The van der Waals surface area contributed by atoms with Gasteiger partial charge in [-0.15, -0.1) is 0 Å². The third-order valence-corrected chi connectivity index (χ3v) is 3.70. The Balaban J connectivity index is 1.92. The Kier molecular flexibility index (Phi) is 3.33. The summed E-state index contributed by atoms with van der Waals surface area (Å²) < 4.78 is 1.93. The number of aliphatic hydroxyl groups excluding tert-OH is 1. The zero-order chi connectivity index (χ0) is 15.6. The van der Waals surface area contributed by atoms with E-state index in [4.69, 9.17) is 0 Å². The topological polar surface area (TPSA) is 63.3 Å². The van der Waals surface area contributed by atoms with Crippen LogP contribution >= 0.6 is 0 Å². The lowest BCUT2D eigenvalue weighted by Crippen LogP contribution is -2.03. The van der Waals surface area contributed by atoms with Crippen molar-refractivity contribution in [2.45, 2.75) is 6.10 Å². The minimum atomic E-state index is -0.883. The Bertz CT molecular complexity index is 935. The van der Waals surface area contributed by atoms with Gasteiger partial charge in [0.25, 0.3) is 0 Å². The lowest BCUT2D eigenvalue weighted by atomic mass is 10.1. The predicted molar refractivity (Wildman–Crippen MR) is 86.7 cm³/mol. The molecule has 1 atom stereocenters. The van der Waals surface area contributed by atoms with Crippen LogP contribution in [0.15, 0.2) is 73.2 Å². The van der Waals surface area contributed by atoms with E-state index in [2.05, 4.69) is 15.0 Å². The number of nitrogens with zero attached hydrogens (tertiary/aromatic N) is 4. The van der Waals surface area contributed by atoms with E-state index in [1.807, 2.05) is 59.1 Å². The number of imidazole rings is 1. The van der Waals surface area contributed by atoms with Gasteiger partial charge in [-0.3, -0.25) is 14.4 Å². The van der Waals surface area contributed by atoms with Gasteiger partial charge >= 0.3 is 0 Å². The van der Waals surface area contributed by atoms with E-state index in [9.17, 15) is 5.11 Å². The SMILES string of the molecule is OC(c1ccccn1)c1nc(-c2ccccn2)n2ccccc12. The molecule has 5 nitrogen and oxygen atoms in total. The first-order valence-corrected chi connectivity index (χ1v) is 7.32. The summed E-state index contributed by atoms with van der Waals surface area (Å²) in [6, 6.07) is 16.9. The Labute approximate surface area is 132 Å². The zero-order valence-electron chi connectivity index (χ0n) is 12.2. The standard InChI is InChI=1S/C18H14N4O/c23-17(13-7-1-4-10-19-13)16-15-9-3-6-12-22(15)18(21-16)14-8-2-5-11-20-14/h1-12,17,23H. The molecule has 0 bridgehead atoms. The molecule has 4 aromatic heterocycles. The molecule has 4 aromatic rings. The molecule has 0 aliphatic rings. The van der Waals surface area contributed by atoms with E-state index in [-0.39, 0.29) is 0 Å². The van der Waals surface area contributed by atoms with Crippen LogP contribution in [0, 0.1) is 0 Å². The molecule has 0 saturated heterocycles. The van der Waals surface area contributed by atoms with Crippen LogP contribution in [-0.4, -0.2) is 24.5 Å². The zero-order valence-corrected chi connectivity index (χ0v) is 12.2. The summed E-state index contributed by atoms with van der Waals surface area (Å²) in [5, 5.41) is 10.7. The normalized spacial score (nSPS) is 12.4. The summed E-state index contributed by atoms with van der Waals surface area (Å²) in [6.45, 7) is 0. The van der Waals surface area contributed by atoms with Gasteiger partial charge in [-0.05, 0) is 36.4 Å². The summed E-state index contributed by atoms with van der Waals surface area (Å²) in [7, 11) is 0. The Hall–Kier alpha value is -3.05. The van der Waals surface area contributed by atoms with E-state index in [1.165, 1.54) is 0 Å². The smallest absolute Gasteiger partial charge is 0.163 e. The Morgan fingerprint density at radius 1 is 0.870 bits per heavy atom. The van der Waals surface area contributed by atoms with E-state index < -0.39 is 6.10 Å². The number of rotatable bonds is 3. The van der Waals surface area contributed by atoms with Gasteiger partial charge in [0, 0.05) is 18.6 Å². The number of fused-ring (bicyclic) bond motifs is 1. The molecule has 112 valence electrons. The van der Waals surface area contributed by atoms with Crippen molar-refractivity contribution in [1.82, 2.24) is 19.4 Å². The fourth-order valence-corrected chi connectivity index (χ4v) is 2.62. The van der Waals surface area contributed by atoms with E-state index in [1.54, 1.807) is 18.5 Å². The van der Waals surface area contributed by atoms with Crippen LogP contribution in [0.25, 0.3) is 17.0 Å². The fourth-order valence-electron chi connectivity index (χ4n) is 2.62. The fraction of sp³-hybridized carbons (Fsp3) is 0.0556. The molecular formula is C18H14N4O. The maximum absolute atomic E-state index is 10.7. The lowest BCUT2D eigenvalue weighted by Gasteiger charge is -2.07. The highest BCUT2D eigenvalue weighted by Crippen LogP contribution is 2.28. The third-order valence-electron chi connectivity index (χ3n) is 3.70. The number of hydrogen-bond acceptors (Lipinski definition) is 4. The average molecular weight is 302 g/mol. The molecule has 0 saturated carbocycles. The molecule has 0 amide bonds. The Morgan fingerprint density at radius 2 is 1.65 bits per heavy atom. The molecule has 0 fully saturated rings. The maximum Gasteiger partial charge on any atom is 0.163 e. The average Bonchev–Trinajstić information content (AvgIpc) is 3.02. The molecule has 0 radical (unpaired) electrons. The molecule has 0 spiro atoms. The first kappa shape index (κ1) is 13.6. The summed E-state index contributed by atoms with van der Waals surface area (Å²) in [6.07, 6.45) is 4.43. The first-order chi connectivity index (χ1) is 11.3. The molecule has 0 aromatic carbocycles. The number of pyridine rings is 3. The lowest BCUT2D eigenvalue weighted by molar-refractivity contribution is 0.212. The maximum atomic E-state index is 10.7. The summed E-state index contributed by atoms with van der Waals surface area (Å²) >= 11 is 0. The highest BCUT2D eigenvalue weighted by molar-refractivity contribution is 5.64. The van der Waals surface area contributed by atoms with E-state index in [0.717, 1.165) is 11.2 Å². The Morgan fingerprint density at radius 3 is 2.39 bits per heavy atom. The van der Waals surface area contributed by atoms with Crippen molar-refractivity contribution in [1.29, 1.82) is 0 Å². The quantitative estimate of drug-likeness (QED) is 0.632.